The molecule has 1 atom stereocenters. The third-order valence-electron chi connectivity index (χ3n) is 5.45. The number of benzene rings is 1. The van der Waals surface area contributed by atoms with Crippen molar-refractivity contribution in [3.63, 3.8) is 0 Å². The number of fused-ring (bicyclic) bond motifs is 2. The molecule has 5 rings (SSSR count). The number of nitrogens with zero attached hydrogens (tertiary/aromatic N) is 4. The first kappa shape index (κ1) is 17.9. The second kappa shape index (κ2) is 6.73. The normalized spacial score (nSPS) is 17.4. The lowest BCUT2D eigenvalue weighted by Crippen LogP contribution is -2.49. The van der Waals surface area contributed by atoms with Crippen molar-refractivity contribution in [2.45, 2.75) is 26.8 Å². The van der Waals surface area contributed by atoms with Gasteiger partial charge >= 0.3 is 0 Å². The summed E-state index contributed by atoms with van der Waals surface area (Å²) < 4.78 is 17.0. The molecule has 0 radical (unpaired) electrons. The van der Waals surface area contributed by atoms with Gasteiger partial charge in [-0.1, -0.05) is 0 Å². The molecular weight excluding hydrogens is 369 g/mol. The van der Waals surface area contributed by atoms with Crippen LogP contribution in [0.5, 0.6) is 0 Å². The summed E-state index contributed by atoms with van der Waals surface area (Å²) in [6.45, 7) is 8.72. The van der Waals surface area contributed by atoms with Crippen LogP contribution >= 0.6 is 0 Å². The minimum Gasteiger partial charge on any atom is -0.369 e. The molecule has 3 N–H and O–H groups in total. The van der Waals surface area contributed by atoms with E-state index in [1.165, 1.54) is 0 Å². The van der Waals surface area contributed by atoms with E-state index in [4.69, 9.17) is 0 Å². The Bertz CT molecular complexity index is 1210. The van der Waals surface area contributed by atoms with E-state index in [1.54, 1.807) is 6.07 Å². The van der Waals surface area contributed by atoms with Gasteiger partial charge in [-0.05, 0) is 44.5 Å². The van der Waals surface area contributed by atoms with Crippen molar-refractivity contribution >= 4 is 33.7 Å². The highest BCUT2D eigenvalue weighted by molar-refractivity contribution is 5.94. The Morgan fingerprint density at radius 3 is 2.90 bits per heavy atom. The fourth-order valence-corrected chi connectivity index (χ4v) is 4.13. The monoisotopic (exact) mass is 393 g/mol. The predicted octanol–water partition coefficient (Wildman–Crippen LogP) is 3.51. The number of piperazine rings is 1. The van der Waals surface area contributed by atoms with E-state index in [2.05, 4.69) is 37.6 Å². The van der Waals surface area contributed by atoms with Gasteiger partial charge in [0.05, 0.1) is 22.3 Å². The summed E-state index contributed by atoms with van der Waals surface area (Å²) in [4.78, 5) is 6.72. The number of halogens is 1. The molecule has 0 aliphatic carbocycles. The molecule has 7 nitrogen and oxygen atoms in total. The van der Waals surface area contributed by atoms with Crippen molar-refractivity contribution in [1.82, 2.24) is 24.9 Å². The van der Waals surface area contributed by atoms with Gasteiger partial charge in [-0.2, -0.15) is 5.10 Å². The fourth-order valence-electron chi connectivity index (χ4n) is 4.13. The summed E-state index contributed by atoms with van der Waals surface area (Å²) in [5.74, 6) is 0.199. The van der Waals surface area contributed by atoms with Crippen molar-refractivity contribution < 1.29 is 4.39 Å². The third-order valence-corrected chi connectivity index (χ3v) is 5.45. The van der Waals surface area contributed by atoms with E-state index < -0.39 is 0 Å². The summed E-state index contributed by atoms with van der Waals surface area (Å²) in [5, 5.41) is 14.5. The van der Waals surface area contributed by atoms with Gasteiger partial charge in [0.25, 0.3) is 0 Å². The number of hydrogen-bond acceptors (Lipinski definition) is 5. The van der Waals surface area contributed by atoms with Crippen molar-refractivity contribution in [3.05, 3.63) is 47.7 Å². The van der Waals surface area contributed by atoms with Crippen LogP contribution in [0.15, 0.2) is 30.6 Å². The molecule has 0 amide bonds. The highest BCUT2D eigenvalue weighted by Gasteiger charge is 2.19. The lowest BCUT2D eigenvalue weighted by atomic mass is 10.1. The van der Waals surface area contributed by atoms with Crippen LogP contribution in [0.2, 0.25) is 0 Å². The number of pyridine rings is 1. The van der Waals surface area contributed by atoms with Gasteiger partial charge in [0.1, 0.15) is 11.5 Å². The van der Waals surface area contributed by atoms with Crippen LogP contribution in [-0.4, -0.2) is 45.3 Å². The zero-order valence-electron chi connectivity index (χ0n) is 16.8. The Labute approximate surface area is 167 Å². The number of H-pyrrole nitrogens is 1. The van der Waals surface area contributed by atoms with E-state index in [1.807, 2.05) is 42.8 Å². The van der Waals surface area contributed by atoms with Crippen molar-refractivity contribution in [2.24, 2.45) is 0 Å². The number of imidazole rings is 1. The minimum absolute atomic E-state index is 0.281. The molecule has 0 bridgehead atoms. The van der Waals surface area contributed by atoms with Gasteiger partial charge < -0.3 is 19.9 Å². The quantitative estimate of drug-likeness (QED) is 0.497. The largest absolute Gasteiger partial charge is 0.369 e. The first-order chi connectivity index (χ1) is 14.0. The maximum Gasteiger partial charge on any atom is 0.163 e. The average Bonchev–Trinajstić information content (AvgIpc) is 3.25. The van der Waals surface area contributed by atoms with Crippen LogP contribution in [0, 0.1) is 19.7 Å². The SMILES string of the molecule is Cc1cn2cc(Nc3n[nH]c4cc(N5CCNC(C)C5)cc(F)c34)cc(C)c2n1. The highest BCUT2D eigenvalue weighted by Crippen LogP contribution is 2.31. The van der Waals surface area contributed by atoms with Gasteiger partial charge in [0, 0.05) is 43.8 Å². The molecule has 0 saturated carbocycles. The molecular formula is C21H24FN7. The van der Waals surface area contributed by atoms with Crippen LogP contribution in [0.1, 0.15) is 18.2 Å². The van der Waals surface area contributed by atoms with Crippen LogP contribution in [0.25, 0.3) is 16.6 Å². The van der Waals surface area contributed by atoms with Crippen molar-refractivity contribution in [3.8, 4) is 0 Å². The summed E-state index contributed by atoms with van der Waals surface area (Å²) in [5.41, 5.74) is 5.31. The van der Waals surface area contributed by atoms with Gasteiger partial charge in [0.15, 0.2) is 5.82 Å². The molecule has 0 spiro atoms. The molecule has 1 saturated heterocycles. The summed E-state index contributed by atoms with van der Waals surface area (Å²) in [6, 6.07) is 5.96. The standard InChI is InChI=1S/C21H24FN7/c1-12-6-15(11-29-10-14(3)24-21(12)29)25-20-19-17(22)7-16(8-18(19)26-27-20)28-5-4-23-13(2)9-28/h6-8,10-11,13,23H,4-5,9H2,1-3H3,(H2,25,26,27). The van der Waals surface area contributed by atoms with Crippen LogP contribution in [0.4, 0.5) is 21.6 Å². The summed E-state index contributed by atoms with van der Waals surface area (Å²) >= 11 is 0. The predicted molar refractivity (Wildman–Crippen MR) is 114 cm³/mol. The Morgan fingerprint density at radius 1 is 1.21 bits per heavy atom. The van der Waals surface area contributed by atoms with Gasteiger partial charge in [-0.3, -0.25) is 5.10 Å². The van der Waals surface area contributed by atoms with Crippen LogP contribution in [-0.2, 0) is 0 Å². The second-order valence-corrected chi connectivity index (χ2v) is 7.87. The number of rotatable bonds is 3. The number of aromatic amines is 1. The Morgan fingerprint density at radius 2 is 2.07 bits per heavy atom. The van der Waals surface area contributed by atoms with Crippen molar-refractivity contribution in [1.29, 1.82) is 0 Å². The molecule has 8 heteroatoms. The second-order valence-electron chi connectivity index (χ2n) is 7.87. The number of anilines is 3. The molecule has 3 aromatic heterocycles. The molecule has 1 fully saturated rings. The van der Waals surface area contributed by atoms with Gasteiger partial charge in [0.2, 0.25) is 0 Å². The van der Waals surface area contributed by atoms with E-state index >= 15 is 4.39 Å². The zero-order valence-corrected chi connectivity index (χ0v) is 16.8. The third kappa shape index (κ3) is 3.19. The molecule has 1 aliphatic rings. The summed E-state index contributed by atoms with van der Waals surface area (Å²) in [6.07, 6.45) is 3.91. The highest BCUT2D eigenvalue weighted by atomic mass is 19.1. The lowest BCUT2D eigenvalue weighted by molar-refractivity contribution is 0.484. The first-order valence-electron chi connectivity index (χ1n) is 9.87. The average molecular weight is 393 g/mol. The Kier molecular flexibility index (Phi) is 4.16. The number of aryl methyl sites for hydroxylation is 2. The van der Waals surface area contributed by atoms with Crippen molar-refractivity contribution in [2.75, 3.05) is 29.9 Å². The molecule has 1 aromatic carbocycles. The van der Waals surface area contributed by atoms with Crippen LogP contribution in [0.3, 0.4) is 0 Å². The van der Waals surface area contributed by atoms with Gasteiger partial charge in [-0.25, -0.2) is 9.37 Å². The number of aromatic nitrogens is 4. The minimum atomic E-state index is -0.281. The maximum absolute atomic E-state index is 15.1. The molecule has 4 heterocycles. The number of nitrogens with one attached hydrogen (secondary N) is 3. The maximum atomic E-state index is 15.1. The van der Waals surface area contributed by atoms with E-state index in [-0.39, 0.29) is 5.82 Å². The molecule has 29 heavy (non-hydrogen) atoms. The zero-order chi connectivity index (χ0) is 20.1. The first-order valence-corrected chi connectivity index (χ1v) is 9.87. The topological polar surface area (TPSA) is 73.3 Å². The van der Waals surface area contributed by atoms with Gasteiger partial charge in [-0.15, -0.1) is 0 Å². The van der Waals surface area contributed by atoms with E-state index in [0.29, 0.717) is 22.8 Å². The van der Waals surface area contributed by atoms with E-state index in [9.17, 15) is 0 Å². The van der Waals surface area contributed by atoms with E-state index in [0.717, 1.165) is 47.9 Å². The fraction of sp³-hybridized carbons (Fsp3) is 0.333. The molecule has 1 unspecified atom stereocenters. The lowest BCUT2D eigenvalue weighted by Gasteiger charge is -2.33. The molecule has 1 aliphatic heterocycles. The smallest absolute Gasteiger partial charge is 0.163 e. The van der Waals surface area contributed by atoms with Crippen LogP contribution < -0.4 is 15.5 Å². The number of hydrogen-bond donors (Lipinski definition) is 3. The molecule has 150 valence electrons. The summed E-state index contributed by atoms with van der Waals surface area (Å²) in [7, 11) is 0. The Balaban J connectivity index is 1.50. The Hall–Kier alpha value is -3.13. The molecule has 4 aromatic rings.